The minimum Gasteiger partial charge on any atom is -0.286 e. The predicted octanol–water partition coefficient (Wildman–Crippen LogP) is 2.28. The van der Waals surface area contributed by atoms with Gasteiger partial charge in [-0.3, -0.25) is 29.9 Å². The average Bonchev–Trinajstić information content (AvgIpc) is 2.66. The molecule has 2 aromatic carbocycles. The Balaban J connectivity index is 1.87. The smallest absolute Gasteiger partial charge is 0.286 e. The van der Waals surface area contributed by atoms with Crippen LogP contribution in [0.2, 0.25) is 0 Å². The van der Waals surface area contributed by atoms with Gasteiger partial charge in [0.15, 0.2) is 0 Å². The quantitative estimate of drug-likeness (QED) is 0.606. The predicted molar refractivity (Wildman–Crippen MR) is 95.5 cm³/mol. The Morgan fingerprint density at radius 3 is 2.15 bits per heavy atom. The first-order valence-electron chi connectivity index (χ1n) is 8.59. The highest BCUT2D eigenvalue weighted by Crippen LogP contribution is 2.47. The van der Waals surface area contributed by atoms with E-state index in [1.165, 1.54) is 6.07 Å². The maximum Gasteiger partial charge on any atom is 0.303 e. The van der Waals surface area contributed by atoms with Crippen molar-refractivity contribution in [2.75, 3.05) is 13.1 Å². The first-order chi connectivity index (χ1) is 12.9. The molecular formula is C19H17N3O5. The fourth-order valence-corrected chi connectivity index (χ4v) is 4.44. The van der Waals surface area contributed by atoms with Gasteiger partial charge in [-0.15, -0.1) is 0 Å². The lowest BCUT2D eigenvalue weighted by atomic mass is 9.64. The number of benzene rings is 2. The van der Waals surface area contributed by atoms with Crippen LogP contribution < -0.4 is 0 Å². The monoisotopic (exact) mass is 367 g/mol. The highest BCUT2D eigenvalue weighted by molar-refractivity contribution is 6.05. The van der Waals surface area contributed by atoms with E-state index in [2.05, 4.69) is 0 Å². The molecule has 2 bridgehead atoms. The number of hydrogen-bond donors (Lipinski definition) is 0. The summed E-state index contributed by atoms with van der Waals surface area (Å²) < 4.78 is 0. The molecule has 1 saturated heterocycles. The molecule has 0 N–H and O–H groups in total. The molecule has 1 fully saturated rings. The SMILES string of the molecule is O=C1c2ccccc2[C@@]2([N+](=O)[O-])CN(Cc3ccccc3)C[C@@]1([N+](=O)[O-])C2. The van der Waals surface area contributed by atoms with E-state index in [-0.39, 0.29) is 24.2 Å². The first kappa shape index (κ1) is 17.3. The number of carbonyl (C=O) groups is 1. The van der Waals surface area contributed by atoms with E-state index in [9.17, 15) is 25.0 Å². The Bertz CT molecular complexity index is 947. The second-order valence-corrected chi connectivity index (χ2v) is 7.26. The Morgan fingerprint density at radius 2 is 1.48 bits per heavy atom. The van der Waals surface area contributed by atoms with E-state index in [1.807, 2.05) is 30.3 Å². The van der Waals surface area contributed by atoms with E-state index in [0.717, 1.165) is 5.56 Å². The lowest BCUT2D eigenvalue weighted by Crippen LogP contribution is -2.69. The number of ketones is 1. The summed E-state index contributed by atoms with van der Waals surface area (Å²) in [5, 5.41) is 24.2. The third-order valence-corrected chi connectivity index (χ3v) is 5.60. The molecule has 0 amide bonds. The number of fused-ring (bicyclic) bond motifs is 4. The first-order valence-corrected chi connectivity index (χ1v) is 8.59. The second kappa shape index (κ2) is 5.95. The van der Waals surface area contributed by atoms with Gasteiger partial charge in [-0.05, 0) is 5.56 Å². The molecule has 1 heterocycles. The van der Waals surface area contributed by atoms with Crippen LogP contribution in [0.1, 0.15) is 27.9 Å². The molecule has 138 valence electrons. The van der Waals surface area contributed by atoms with Crippen molar-refractivity contribution in [3.05, 3.63) is 91.5 Å². The van der Waals surface area contributed by atoms with Crippen molar-refractivity contribution in [2.45, 2.75) is 24.0 Å². The number of rotatable bonds is 4. The number of carbonyl (C=O) groups excluding carboxylic acids is 1. The van der Waals surface area contributed by atoms with E-state index in [4.69, 9.17) is 0 Å². The van der Waals surface area contributed by atoms with Gasteiger partial charge in [-0.2, -0.15) is 0 Å². The molecule has 0 spiro atoms. The summed E-state index contributed by atoms with van der Waals surface area (Å²) in [5.41, 5.74) is -2.43. The topological polar surface area (TPSA) is 107 Å². The molecule has 8 nitrogen and oxygen atoms in total. The van der Waals surface area contributed by atoms with Gasteiger partial charge in [0.25, 0.3) is 5.54 Å². The van der Waals surface area contributed by atoms with Crippen LogP contribution in [0.25, 0.3) is 0 Å². The van der Waals surface area contributed by atoms with Crippen LogP contribution in [0.4, 0.5) is 0 Å². The van der Waals surface area contributed by atoms with Crippen LogP contribution in [0.3, 0.4) is 0 Å². The number of piperidine rings is 1. The van der Waals surface area contributed by atoms with Crippen molar-refractivity contribution in [3.8, 4) is 0 Å². The Kier molecular flexibility index (Phi) is 3.81. The lowest BCUT2D eigenvalue weighted by molar-refractivity contribution is -0.623. The minimum atomic E-state index is -2.01. The molecule has 0 unspecified atom stereocenters. The molecule has 0 aromatic heterocycles. The summed E-state index contributed by atoms with van der Waals surface area (Å²) >= 11 is 0. The molecule has 0 radical (unpaired) electrons. The van der Waals surface area contributed by atoms with Crippen LogP contribution in [0, 0.1) is 20.2 Å². The zero-order valence-electron chi connectivity index (χ0n) is 14.4. The molecule has 8 heteroatoms. The van der Waals surface area contributed by atoms with Crippen LogP contribution in [-0.2, 0) is 12.1 Å². The van der Waals surface area contributed by atoms with Gasteiger partial charge in [-0.1, -0.05) is 54.6 Å². The van der Waals surface area contributed by atoms with E-state index in [0.29, 0.717) is 6.54 Å². The van der Waals surface area contributed by atoms with Crippen molar-refractivity contribution in [3.63, 3.8) is 0 Å². The standard InChI is InChI=1S/C19H17N3O5/c23-17-15-8-4-5-9-16(15)18(21(24)25)11-19(17,22(26)27)13-20(12-18)10-14-6-2-1-3-7-14/h1-9H,10-13H2/t18-,19-/m0/s1. The highest BCUT2D eigenvalue weighted by atomic mass is 16.6. The van der Waals surface area contributed by atoms with Crippen LogP contribution >= 0.6 is 0 Å². The van der Waals surface area contributed by atoms with Gasteiger partial charge in [-0.25, -0.2) is 0 Å². The largest absolute Gasteiger partial charge is 0.303 e. The van der Waals surface area contributed by atoms with Crippen molar-refractivity contribution in [1.82, 2.24) is 4.90 Å². The molecular weight excluding hydrogens is 350 g/mol. The van der Waals surface area contributed by atoms with E-state index < -0.39 is 33.1 Å². The van der Waals surface area contributed by atoms with Gasteiger partial charge in [0.05, 0.1) is 13.1 Å². The van der Waals surface area contributed by atoms with Gasteiger partial charge < -0.3 is 0 Å². The van der Waals surface area contributed by atoms with Crippen molar-refractivity contribution in [2.24, 2.45) is 0 Å². The van der Waals surface area contributed by atoms with E-state index in [1.54, 1.807) is 23.1 Å². The number of nitrogens with zero attached hydrogens (tertiary/aromatic N) is 3. The zero-order valence-corrected chi connectivity index (χ0v) is 14.4. The normalized spacial score (nSPS) is 27.0. The Labute approximate surface area is 154 Å². The summed E-state index contributed by atoms with van der Waals surface area (Å²) in [4.78, 5) is 37.8. The Hall–Kier alpha value is -3.13. The fraction of sp³-hybridized carbons (Fsp3) is 0.316. The number of nitro groups is 2. The van der Waals surface area contributed by atoms with Crippen molar-refractivity contribution < 1.29 is 14.6 Å². The molecule has 2 aromatic rings. The van der Waals surface area contributed by atoms with Gasteiger partial charge in [0.2, 0.25) is 5.78 Å². The van der Waals surface area contributed by atoms with Gasteiger partial charge in [0, 0.05) is 27.5 Å². The molecule has 2 aliphatic rings. The summed E-state index contributed by atoms with van der Waals surface area (Å²) in [6.07, 6.45) is -0.416. The maximum atomic E-state index is 13.1. The minimum absolute atomic E-state index is 0.0226. The maximum absolute atomic E-state index is 13.1. The molecule has 27 heavy (non-hydrogen) atoms. The van der Waals surface area contributed by atoms with Crippen molar-refractivity contribution in [1.29, 1.82) is 0 Å². The fourth-order valence-electron chi connectivity index (χ4n) is 4.44. The summed E-state index contributed by atoms with van der Waals surface area (Å²) in [7, 11) is 0. The lowest BCUT2D eigenvalue weighted by Gasteiger charge is -2.45. The van der Waals surface area contributed by atoms with Crippen molar-refractivity contribution >= 4 is 5.78 Å². The number of likely N-dealkylation sites (tertiary alicyclic amines) is 1. The van der Waals surface area contributed by atoms with Crippen LogP contribution in [-0.4, -0.2) is 39.2 Å². The van der Waals surface area contributed by atoms with Crippen LogP contribution in [0.5, 0.6) is 0 Å². The second-order valence-electron chi connectivity index (χ2n) is 7.26. The number of Topliss-reactive ketones (excluding diaryl/α,β-unsaturated/α-hetero) is 1. The zero-order chi connectivity index (χ0) is 19.2. The van der Waals surface area contributed by atoms with Crippen LogP contribution in [0.15, 0.2) is 54.6 Å². The Morgan fingerprint density at radius 1 is 0.889 bits per heavy atom. The van der Waals surface area contributed by atoms with E-state index >= 15 is 0 Å². The summed E-state index contributed by atoms with van der Waals surface area (Å²) in [6, 6.07) is 15.5. The average molecular weight is 367 g/mol. The summed E-state index contributed by atoms with van der Waals surface area (Å²) in [5.74, 6) is -0.640. The molecule has 2 atom stereocenters. The molecule has 4 rings (SSSR count). The number of hydrogen-bond acceptors (Lipinski definition) is 6. The molecule has 0 saturated carbocycles. The molecule has 1 aliphatic heterocycles. The molecule has 1 aliphatic carbocycles. The van der Waals surface area contributed by atoms with Gasteiger partial charge in [0.1, 0.15) is 6.42 Å². The third-order valence-electron chi connectivity index (χ3n) is 5.60. The van der Waals surface area contributed by atoms with Gasteiger partial charge >= 0.3 is 5.54 Å². The third kappa shape index (κ3) is 2.44. The summed E-state index contributed by atoms with van der Waals surface area (Å²) in [6.45, 7) is 0.188. The highest BCUT2D eigenvalue weighted by Gasteiger charge is 2.70.